The molecule has 7 heteroatoms. The van der Waals surface area contributed by atoms with Gasteiger partial charge in [0.05, 0.1) is 18.8 Å². The molecule has 1 heterocycles. The Balaban J connectivity index is 1.78. The maximum Gasteiger partial charge on any atom is 0.243 e. The molecule has 0 radical (unpaired) electrons. The summed E-state index contributed by atoms with van der Waals surface area (Å²) in [7, 11) is 1.84. The van der Waals surface area contributed by atoms with Crippen molar-refractivity contribution in [2.45, 2.75) is 33.7 Å². The Morgan fingerprint density at radius 1 is 1.19 bits per heavy atom. The third-order valence-electron chi connectivity index (χ3n) is 4.14. The van der Waals surface area contributed by atoms with Gasteiger partial charge >= 0.3 is 0 Å². The monoisotopic (exact) mass is 358 g/mol. The van der Waals surface area contributed by atoms with Crippen LogP contribution < -0.4 is 10.6 Å². The molecule has 0 fully saturated rings. The molecule has 26 heavy (non-hydrogen) atoms. The first-order chi connectivity index (χ1) is 12.4. The molecule has 0 spiro atoms. The average molecular weight is 358 g/mol. The van der Waals surface area contributed by atoms with Crippen LogP contribution >= 0.6 is 0 Å². The summed E-state index contributed by atoms with van der Waals surface area (Å²) in [5, 5.41) is 9.39. The third-order valence-corrected chi connectivity index (χ3v) is 4.14. The van der Waals surface area contributed by atoms with Crippen molar-refractivity contribution in [3.8, 4) is 0 Å². The van der Waals surface area contributed by atoms with Crippen molar-refractivity contribution in [1.29, 1.82) is 0 Å². The Morgan fingerprint density at radius 3 is 2.58 bits per heavy atom. The smallest absolute Gasteiger partial charge is 0.243 e. The van der Waals surface area contributed by atoms with Crippen LogP contribution in [0.15, 0.2) is 28.8 Å². The Bertz CT molecular complexity index is 750. The number of aryl methyl sites for hydroxylation is 3. The van der Waals surface area contributed by atoms with E-state index in [1.54, 1.807) is 0 Å². The molecular formula is C19H26N4O3. The molecule has 1 aromatic carbocycles. The molecule has 2 amide bonds. The third kappa shape index (κ3) is 5.42. The fourth-order valence-corrected chi connectivity index (χ4v) is 2.68. The van der Waals surface area contributed by atoms with Gasteiger partial charge in [-0.05, 0) is 38.9 Å². The highest BCUT2D eigenvalue weighted by molar-refractivity contribution is 5.95. The first kappa shape index (κ1) is 19.7. The van der Waals surface area contributed by atoms with Gasteiger partial charge in [0.15, 0.2) is 0 Å². The zero-order chi connectivity index (χ0) is 19.1. The first-order valence-electron chi connectivity index (χ1n) is 8.65. The number of carbonyl (C=O) groups excluding carboxylic acids is 2. The van der Waals surface area contributed by atoms with Crippen LogP contribution in [0.4, 0.5) is 5.69 Å². The molecule has 0 saturated heterocycles. The van der Waals surface area contributed by atoms with E-state index in [0.29, 0.717) is 6.54 Å². The van der Waals surface area contributed by atoms with Gasteiger partial charge < -0.3 is 15.2 Å². The molecule has 1 aromatic heterocycles. The number of nitrogens with one attached hydrogen (secondary N) is 2. The van der Waals surface area contributed by atoms with Crippen molar-refractivity contribution in [2.75, 3.05) is 25.5 Å². The number of anilines is 1. The minimum atomic E-state index is -0.243. The quantitative estimate of drug-likeness (QED) is 0.754. The van der Waals surface area contributed by atoms with Crippen LogP contribution in [0.5, 0.6) is 0 Å². The first-order valence-corrected chi connectivity index (χ1v) is 8.65. The van der Waals surface area contributed by atoms with Gasteiger partial charge in [-0.2, -0.15) is 0 Å². The van der Waals surface area contributed by atoms with E-state index in [-0.39, 0.29) is 24.9 Å². The van der Waals surface area contributed by atoms with E-state index in [4.69, 9.17) is 4.52 Å². The molecule has 2 N–H and O–H groups in total. The standard InChI is InChI=1S/C19H26N4O3/c1-5-15-8-6-7-9-17(15)21-18(24)10-20-19(25)12-23(4)11-16-13(2)22-26-14(16)3/h6-9H,5,10-12H2,1-4H3,(H,20,25)(H,21,24). The van der Waals surface area contributed by atoms with Crippen LogP contribution in [0.1, 0.15) is 29.5 Å². The van der Waals surface area contributed by atoms with E-state index in [1.165, 1.54) is 0 Å². The number of nitrogens with zero attached hydrogens (tertiary/aromatic N) is 2. The zero-order valence-corrected chi connectivity index (χ0v) is 15.8. The van der Waals surface area contributed by atoms with E-state index < -0.39 is 0 Å². The van der Waals surface area contributed by atoms with Crippen molar-refractivity contribution in [2.24, 2.45) is 0 Å². The summed E-state index contributed by atoms with van der Waals surface area (Å²) in [6, 6.07) is 7.63. The lowest BCUT2D eigenvalue weighted by Gasteiger charge is -2.16. The fraction of sp³-hybridized carbons (Fsp3) is 0.421. The van der Waals surface area contributed by atoms with E-state index in [9.17, 15) is 9.59 Å². The largest absolute Gasteiger partial charge is 0.361 e. The molecule has 140 valence electrons. The number of amides is 2. The Labute approximate surface area is 153 Å². The van der Waals surface area contributed by atoms with E-state index in [2.05, 4.69) is 15.8 Å². The van der Waals surface area contributed by atoms with Gasteiger partial charge in [-0.3, -0.25) is 14.5 Å². The number of likely N-dealkylation sites (N-methyl/N-ethyl adjacent to an activating group) is 1. The number of aromatic nitrogens is 1. The summed E-state index contributed by atoms with van der Waals surface area (Å²) in [5.74, 6) is 0.300. The number of hydrogen-bond acceptors (Lipinski definition) is 5. The van der Waals surface area contributed by atoms with Crippen molar-refractivity contribution in [3.05, 3.63) is 46.8 Å². The van der Waals surface area contributed by atoms with Gasteiger partial charge in [0.1, 0.15) is 5.76 Å². The highest BCUT2D eigenvalue weighted by Gasteiger charge is 2.14. The van der Waals surface area contributed by atoms with Gasteiger partial charge in [-0.1, -0.05) is 30.3 Å². The number of rotatable bonds is 8. The van der Waals surface area contributed by atoms with Gasteiger partial charge in [0.25, 0.3) is 0 Å². The summed E-state index contributed by atoms with van der Waals surface area (Å²) in [6.45, 7) is 6.44. The van der Waals surface area contributed by atoms with Crippen LogP contribution in [0.3, 0.4) is 0 Å². The Hall–Kier alpha value is -2.67. The second kappa shape index (κ2) is 9.15. The van der Waals surface area contributed by atoms with Crippen LogP contribution in [-0.4, -0.2) is 42.0 Å². The lowest BCUT2D eigenvalue weighted by atomic mass is 10.1. The SMILES string of the molecule is CCc1ccccc1NC(=O)CNC(=O)CN(C)Cc1c(C)noc1C. The predicted molar refractivity (Wildman–Crippen MR) is 99.8 cm³/mol. The molecule has 0 aliphatic rings. The second-order valence-corrected chi connectivity index (χ2v) is 6.31. The summed E-state index contributed by atoms with van der Waals surface area (Å²) in [6.07, 6.45) is 0.829. The minimum absolute atomic E-state index is 0.0595. The normalized spacial score (nSPS) is 10.8. The molecule has 0 aliphatic carbocycles. The highest BCUT2D eigenvalue weighted by atomic mass is 16.5. The predicted octanol–water partition coefficient (Wildman–Crippen LogP) is 2.04. The number of para-hydroxylation sites is 1. The summed E-state index contributed by atoms with van der Waals surface area (Å²) in [5.41, 5.74) is 3.65. The van der Waals surface area contributed by atoms with Crippen molar-refractivity contribution < 1.29 is 14.1 Å². The number of carbonyl (C=O) groups is 2. The average Bonchev–Trinajstić information content (AvgIpc) is 2.92. The molecule has 7 nitrogen and oxygen atoms in total. The van der Waals surface area contributed by atoms with Gasteiger partial charge in [0.2, 0.25) is 11.8 Å². The van der Waals surface area contributed by atoms with Gasteiger partial charge in [-0.25, -0.2) is 0 Å². The second-order valence-electron chi connectivity index (χ2n) is 6.31. The van der Waals surface area contributed by atoms with Crippen LogP contribution in [-0.2, 0) is 22.6 Å². The van der Waals surface area contributed by atoms with Gasteiger partial charge in [0, 0.05) is 17.8 Å². The number of hydrogen-bond donors (Lipinski definition) is 2. The molecule has 0 atom stereocenters. The highest BCUT2D eigenvalue weighted by Crippen LogP contribution is 2.15. The lowest BCUT2D eigenvalue weighted by molar-refractivity contribution is -0.124. The summed E-state index contributed by atoms with van der Waals surface area (Å²) >= 11 is 0. The van der Waals surface area contributed by atoms with Crippen LogP contribution in [0.25, 0.3) is 0 Å². The van der Waals surface area contributed by atoms with E-state index in [0.717, 1.165) is 34.7 Å². The van der Waals surface area contributed by atoms with Gasteiger partial charge in [-0.15, -0.1) is 0 Å². The van der Waals surface area contributed by atoms with Crippen LogP contribution in [0, 0.1) is 13.8 Å². The molecular weight excluding hydrogens is 332 g/mol. The molecule has 0 bridgehead atoms. The maximum absolute atomic E-state index is 12.1. The molecule has 2 rings (SSSR count). The zero-order valence-electron chi connectivity index (χ0n) is 15.8. The topological polar surface area (TPSA) is 87.5 Å². The Morgan fingerprint density at radius 2 is 1.92 bits per heavy atom. The minimum Gasteiger partial charge on any atom is -0.361 e. The van der Waals surface area contributed by atoms with Crippen molar-refractivity contribution in [3.63, 3.8) is 0 Å². The molecule has 0 saturated carbocycles. The number of benzene rings is 1. The summed E-state index contributed by atoms with van der Waals surface area (Å²) < 4.78 is 5.13. The maximum atomic E-state index is 12.1. The van der Waals surface area contributed by atoms with E-state index >= 15 is 0 Å². The van der Waals surface area contributed by atoms with E-state index in [1.807, 2.05) is 57.0 Å². The lowest BCUT2D eigenvalue weighted by Crippen LogP contribution is -2.39. The van der Waals surface area contributed by atoms with Crippen LogP contribution in [0.2, 0.25) is 0 Å². The van der Waals surface area contributed by atoms with Crippen molar-refractivity contribution >= 4 is 17.5 Å². The molecule has 0 unspecified atom stereocenters. The van der Waals surface area contributed by atoms with Crippen molar-refractivity contribution in [1.82, 2.24) is 15.4 Å². The fourth-order valence-electron chi connectivity index (χ4n) is 2.68. The molecule has 0 aliphatic heterocycles. The summed E-state index contributed by atoms with van der Waals surface area (Å²) in [4.78, 5) is 26.0. The Kier molecular flexibility index (Phi) is 6.91. The molecule has 2 aromatic rings.